The van der Waals surface area contributed by atoms with Crippen molar-refractivity contribution in [3.8, 4) is 0 Å². The molecule has 1 amide bonds. The zero-order valence-corrected chi connectivity index (χ0v) is 10.6. The summed E-state index contributed by atoms with van der Waals surface area (Å²) in [6.45, 7) is 8.61. The summed E-state index contributed by atoms with van der Waals surface area (Å²) >= 11 is 0. The van der Waals surface area contributed by atoms with Crippen molar-refractivity contribution < 1.29 is 14.6 Å². The molecule has 0 radical (unpaired) electrons. The zero-order valence-electron chi connectivity index (χ0n) is 10.6. The summed E-state index contributed by atoms with van der Waals surface area (Å²) in [5.74, 6) is 0.288. The third-order valence-electron chi connectivity index (χ3n) is 3.64. The van der Waals surface area contributed by atoms with Crippen LogP contribution in [-0.4, -0.2) is 35.9 Å². The smallest absolute Gasteiger partial charge is 0.223 e. The van der Waals surface area contributed by atoms with E-state index in [0.717, 1.165) is 0 Å². The fraction of sp³-hybridized carbons (Fsp3) is 0.917. The van der Waals surface area contributed by atoms with Gasteiger partial charge in [0.15, 0.2) is 0 Å². The first-order valence-corrected chi connectivity index (χ1v) is 5.98. The van der Waals surface area contributed by atoms with E-state index in [9.17, 15) is 9.90 Å². The van der Waals surface area contributed by atoms with Gasteiger partial charge in [0.1, 0.15) is 5.60 Å². The summed E-state index contributed by atoms with van der Waals surface area (Å²) in [6, 6.07) is 0. The zero-order chi connectivity index (χ0) is 12.3. The molecular formula is C12H23NO3. The maximum atomic E-state index is 11.7. The molecule has 0 saturated carbocycles. The predicted molar refractivity (Wildman–Crippen MR) is 62.0 cm³/mol. The van der Waals surface area contributed by atoms with Crippen LogP contribution in [0.4, 0.5) is 0 Å². The van der Waals surface area contributed by atoms with E-state index in [1.54, 1.807) is 0 Å². The van der Waals surface area contributed by atoms with Gasteiger partial charge in [-0.05, 0) is 12.8 Å². The van der Waals surface area contributed by atoms with Gasteiger partial charge in [0.05, 0.1) is 6.10 Å². The predicted octanol–water partition coefficient (Wildman–Crippen LogP) is 0.935. The van der Waals surface area contributed by atoms with Gasteiger partial charge in [0, 0.05) is 25.5 Å². The topological polar surface area (TPSA) is 58.6 Å². The first kappa shape index (κ1) is 13.5. The molecule has 0 aromatic heterocycles. The minimum absolute atomic E-state index is 0.00234. The number of rotatable bonds is 4. The van der Waals surface area contributed by atoms with Crippen LogP contribution in [0.5, 0.6) is 0 Å². The number of aliphatic hydroxyl groups is 1. The molecule has 0 spiro atoms. The maximum Gasteiger partial charge on any atom is 0.223 e. The SMILES string of the molecule is CC(C)C(C)C(=O)NCC1(O)CCOC1C. The molecule has 0 aliphatic carbocycles. The van der Waals surface area contributed by atoms with E-state index >= 15 is 0 Å². The lowest BCUT2D eigenvalue weighted by atomic mass is 9.94. The molecule has 0 aromatic carbocycles. The molecule has 1 heterocycles. The van der Waals surface area contributed by atoms with Gasteiger partial charge in [0.2, 0.25) is 5.91 Å². The second-order valence-electron chi connectivity index (χ2n) is 5.12. The van der Waals surface area contributed by atoms with Crippen LogP contribution < -0.4 is 5.32 Å². The molecule has 3 unspecified atom stereocenters. The van der Waals surface area contributed by atoms with Crippen LogP contribution in [-0.2, 0) is 9.53 Å². The van der Waals surface area contributed by atoms with Crippen LogP contribution in [0.1, 0.15) is 34.1 Å². The monoisotopic (exact) mass is 229 g/mol. The Balaban J connectivity index is 2.42. The Morgan fingerprint density at radius 1 is 1.56 bits per heavy atom. The minimum atomic E-state index is -0.896. The van der Waals surface area contributed by atoms with Gasteiger partial charge in [-0.25, -0.2) is 0 Å². The molecule has 4 nitrogen and oxygen atoms in total. The molecule has 1 fully saturated rings. The van der Waals surface area contributed by atoms with Crippen molar-refractivity contribution >= 4 is 5.91 Å². The summed E-state index contributed by atoms with van der Waals surface area (Å²) in [5.41, 5.74) is -0.896. The highest BCUT2D eigenvalue weighted by Crippen LogP contribution is 2.24. The number of amides is 1. The van der Waals surface area contributed by atoms with Crippen LogP contribution in [0, 0.1) is 11.8 Å². The van der Waals surface area contributed by atoms with Gasteiger partial charge in [-0.1, -0.05) is 20.8 Å². The van der Waals surface area contributed by atoms with Gasteiger partial charge in [0.25, 0.3) is 0 Å². The highest BCUT2D eigenvalue weighted by molar-refractivity contribution is 5.78. The van der Waals surface area contributed by atoms with Crippen molar-refractivity contribution in [1.29, 1.82) is 0 Å². The molecule has 1 rings (SSSR count). The average Bonchev–Trinajstić information content (AvgIpc) is 2.55. The van der Waals surface area contributed by atoms with Crippen LogP contribution in [0.2, 0.25) is 0 Å². The second kappa shape index (κ2) is 5.15. The van der Waals surface area contributed by atoms with E-state index < -0.39 is 5.60 Å². The van der Waals surface area contributed by atoms with Crippen LogP contribution in [0.15, 0.2) is 0 Å². The first-order chi connectivity index (χ1) is 7.37. The summed E-state index contributed by atoms with van der Waals surface area (Å²) < 4.78 is 5.31. The van der Waals surface area contributed by atoms with E-state index in [2.05, 4.69) is 5.32 Å². The summed E-state index contributed by atoms with van der Waals surface area (Å²) in [7, 11) is 0. The fourth-order valence-electron chi connectivity index (χ4n) is 1.71. The largest absolute Gasteiger partial charge is 0.385 e. The highest BCUT2D eigenvalue weighted by atomic mass is 16.5. The molecule has 1 saturated heterocycles. The standard InChI is InChI=1S/C12H23NO3/c1-8(2)9(3)11(14)13-7-12(15)5-6-16-10(12)4/h8-10,15H,5-7H2,1-4H3,(H,13,14). The first-order valence-electron chi connectivity index (χ1n) is 5.98. The Morgan fingerprint density at radius 2 is 2.19 bits per heavy atom. The lowest BCUT2D eigenvalue weighted by Crippen LogP contribution is -2.48. The molecule has 2 N–H and O–H groups in total. The normalized spacial score (nSPS) is 31.8. The molecule has 0 bridgehead atoms. The average molecular weight is 229 g/mol. The lowest BCUT2D eigenvalue weighted by molar-refractivity contribution is -0.127. The minimum Gasteiger partial charge on any atom is -0.385 e. The van der Waals surface area contributed by atoms with Gasteiger partial charge >= 0.3 is 0 Å². The van der Waals surface area contributed by atoms with Crippen molar-refractivity contribution in [2.24, 2.45) is 11.8 Å². The molecule has 16 heavy (non-hydrogen) atoms. The third kappa shape index (κ3) is 2.95. The van der Waals surface area contributed by atoms with Gasteiger partial charge in [-0.3, -0.25) is 4.79 Å². The van der Waals surface area contributed by atoms with E-state index in [4.69, 9.17) is 4.74 Å². The summed E-state index contributed by atoms with van der Waals surface area (Å²) in [5, 5.41) is 13.0. The number of ether oxygens (including phenoxy) is 1. The lowest BCUT2D eigenvalue weighted by Gasteiger charge is -2.27. The van der Waals surface area contributed by atoms with Crippen LogP contribution >= 0.6 is 0 Å². The molecule has 1 aliphatic rings. The number of carbonyl (C=O) groups is 1. The van der Waals surface area contributed by atoms with Crippen molar-refractivity contribution in [3.63, 3.8) is 0 Å². The Hall–Kier alpha value is -0.610. The van der Waals surface area contributed by atoms with Crippen molar-refractivity contribution in [1.82, 2.24) is 5.32 Å². The van der Waals surface area contributed by atoms with Crippen molar-refractivity contribution in [2.75, 3.05) is 13.2 Å². The maximum absolute atomic E-state index is 11.7. The van der Waals surface area contributed by atoms with E-state index in [1.807, 2.05) is 27.7 Å². The Labute approximate surface area is 97.4 Å². The summed E-state index contributed by atoms with van der Waals surface area (Å²) in [4.78, 5) is 11.7. The summed E-state index contributed by atoms with van der Waals surface area (Å²) in [6.07, 6.45) is 0.381. The van der Waals surface area contributed by atoms with Crippen molar-refractivity contribution in [3.05, 3.63) is 0 Å². The molecule has 94 valence electrons. The molecule has 1 aliphatic heterocycles. The molecule has 0 aromatic rings. The number of hydrogen-bond donors (Lipinski definition) is 2. The van der Waals surface area contributed by atoms with E-state index in [-0.39, 0.29) is 24.5 Å². The highest BCUT2D eigenvalue weighted by Gasteiger charge is 2.39. The number of hydrogen-bond acceptors (Lipinski definition) is 3. The van der Waals surface area contributed by atoms with Gasteiger partial charge < -0.3 is 15.2 Å². The van der Waals surface area contributed by atoms with Crippen LogP contribution in [0.25, 0.3) is 0 Å². The van der Waals surface area contributed by atoms with E-state index in [1.165, 1.54) is 0 Å². The van der Waals surface area contributed by atoms with Crippen molar-refractivity contribution in [2.45, 2.75) is 45.8 Å². The number of nitrogens with one attached hydrogen (secondary N) is 1. The quantitative estimate of drug-likeness (QED) is 0.754. The second-order valence-corrected chi connectivity index (χ2v) is 5.12. The van der Waals surface area contributed by atoms with Gasteiger partial charge in [-0.15, -0.1) is 0 Å². The molecule has 3 atom stereocenters. The van der Waals surface area contributed by atoms with Crippen LogP contribution in [0.3, 0.4) is 0 Å². The molecule has 4 heteroatoms. The third-order valence-corrected chi connectivity index (χ3v) is 3.64. The Morgan fingerprint density at radius 3 is 2.62 bits per heavy atom. The Bertz CT molecular complexity index is 255. The molecular weight excluding hydrogens is 206 g/mol. The fourth-order valence-corrected chi connectivity index (χ4v) is 1.71. The van der Waals surface area contributed by atoms with E-state index in [0.29, 0.717) is 18.9 Å². The van der Waals surface area contributed by atoms with Gasteiger partial charge in [-0.2, -0.15) is 0 Å². The Kier molecular flexibility index (Phi) is 4.33. The number of carbonyl (C=O) groups excluding carboxylic acids is 1.